The molecule has 104 valence electrons. The second kappa shape index (κ2) is 7.62. The molecule has 5 heteroatoms. The molecule has 2 N–H and O–H groups in total. The van der Waals surface area contributed by atoms with Gasteiger partial charge in [0.25, 0.3) is 0 Å². The van der Waals surface area contributed by atoms with E-state index in [1.165, 1.54) is 6.42 Å². The fourth-order valence-corrected chi connectivity index (χ4v) is 2.51. The number of hydrogen-bond acceptors (Lipinski definition) is 3. The van der Waals surface area contributed by atoms with Gasteiger partial charge in [0, 0.05) is 11.1 Å². The van der Waals surface area contributed by atoms with Gasteiger partial charge in [0.05, 0.1) is 5.69 Å². The molecule has 1 saturated heterocycles. The third kappa shape index (κ3) is 4.93. The number of ether oxygens (including phenoxy) is 1. The molecule has 1 aromatic rings. The van der Waals surface area contributed by atoms with Crippen LogP contribution in [0.1, 0.15) is 12.8 Å². The van der Waals surface area contributed by atoms with Gasteiger partial charge in [-0.3, -0.25) is 4.79 Å². The number of benzene rings is 1. The molecule has 1 aliphatic heterocycles. The summed E-state index contributed by atoms with van der Waals surface area (Å²) in [6.07, 6.45) is 2.24. The van der Waals surface area contributed by atoms with Crippen molar-refractivity contribution in [3.63, 3.8) is 0 Å². The van der Waals surface area contributed by atoms with Crippen LogP contribution < -0.4 is 10.6 Å². The predicted octanol–water partition coefficient (Wildman–Crippen LogP) is 2.40. The zero-order valence-electron chi connectivity index (χ0n) is 10.8. The van der Waals surface area contributed by atoms with Crippen LogP contribution in [-0.2, 0) is 9.53 Å². The summed E-state index contributed by atoms with van der Waals surface area (Å²) < 4.78 is 6.29. The maximum Gasteiger partial charge on any atom is 0.250 e. The van der Waals surface area contributed by atoms with Crippen LogP contribution in [0.2, 0.25) is 0 Å². The van der Waals surface area contributed by atoms with Crippen LogP contribution in [0.3, 0.4) is 0 Å². The Kier molecular flexibility index (Phi) is 5.82. The van der Waals surface area contributed by atoms with E-state index >= 15 is 0 Å². The van der Waals surface area contributed by atoms with E-state index < -0.39 is 0 Å². The number of hydrogen-bond donors (Lipinski definition) is 2. The summed E-state index contributed by atoms with van der Waals surface area (Å²) in [4.78, 5) is 11.7. The first-order valence-electron chi connectivity index (χ1n) is 6.58. The molecule has 0 aromatic heterocycles. The Morgan fingerprint density at radius 1 is 1.47 bits per heavy atom. The van der Waals surface area contributed by atoms with Crippen LogP contribution in [0.25, 0.3) is 0 Å². The van der Waals surface area contributed by atoms with Gasteiger partial charge in [0.15, 0.2) is 0 Å². The SMILES string of the molecule is O=C(COCCC1CCNC1)Nc1ccccc1Br. The smallest absolute Gasteiger partial charge is 0.250 e. The molecule has 19 heavy (non-hydrogen) atoms. The first-order valence-corrected chi connectivity index (χ1v) is 7.38. The molecule has 1 fully saturated rings. The van der Waals surface area contributed by atoms with Gasteiger partial charge >= 0.3 is 0 Å². The summed E-state index contributed by atoms with van der Waals surface area (Å²) in [5.41, 5.74) is 0.774. The molecule has 1 amide bonds. The number of rotatable bonds is 6. The van der Waals surface area contributed by atoms with Crippen LogP contribution in [0, 0.1) is 5.92 Å². The van der Waals surface area contributed by atoms with Crippen LogP contribution in [0.5, 0.6) is 0 Å². The lowest BCUT2D eigenvalue weighted by Gasteiger charge is -2.10. The summed E-state index contributed by atoms with van der Waals surface area (Å²) in [6.45, 7) is 2.94. The van der Waals surface area contributed by atoms with E-state index in [1.54, 1.807) is 0 Å². The molecule has 4 nitrogen and oxygen atoms in total. The van der Waals surface area contributed by atoms with E-state index in [0.29, 0.717) is 12.5 Å². The van der Waals surface area contributed by atoms with Crippen molar-refractivity contribution >= 4 is 27.5 Å². The van der Waals surface area contributed by atoms with Crippen LogP contribution in [0.4, 0.5) is 5.69 Å². The van der Waals surface area contributed by atoms with Crippen molar-refractivity contribution in [1.29, 1.82) is 0 Å². The number of para-hydroxylation sites is 1. The van der Waals surface area contributed by atoms with Gasteiger partial charge < -0.3 is 15.4 Å². The third-order valence-electron chi connectivity index (χ3n) is 3.21. The van der Waals surface area contributed by atoms with E-state index in [-0.39, 0.29) is 12.5 Å². The zero-order chi connectivity index (χ0) is 13.5. The Labute approximate surface area is 122 Å². The molecular formula is C14H19BrN2O2. The predicted molar refractivity (Wildman–Crippen MR) is 79.2 cm³/mol. The first kappa shape index (κ1) is 14.5. The molecule has 1 unspecified atom stereocenters. The van der Waals surface area contributed by atoms with Crippen LogP contribution >= 0.6 is 15.9 Å². The summed E-state index contributed by atoms with van der Waals surface area (Å²) in [5.74, 6) is 0.586. The lowest BCUT2D eigenvalue weighted by Crippen LogP contribution is -2.19. The Hall–Kier alpha value is -0.910. The number of amides is 1. The van der Waals surface area contributed by atoms with Gasteiger partial charge in [-0.2, -0.15) is 0 Å². The lowest BCUT2D eigenvalue weighted by atomic mass is 10.1. The minimum Gasteiger partial charge on any atom is -0.372 e. The summed E-state index contributed by atoms with van der Waals surface area (Å²) in [5, 5.41) is 6.14. The number of carbonyl (C=O) groups excluding carboxylic acids is 1. The van der Waals surface area contributed by atoms with Crippen molar-refractivity contribution in [2.24, 2.45) is 5.92 Å². The van der Waals surface area contributed by atoms with E-state index in [2.05, 4.69) is 26.6 Å². The quantitative estimate of drug-likeness (QED) is 0.789. The number of anilines is 1. The van der Waals surface area contributed by atoms with Crippen molar-refractivity contribution in [3.8, 4) is 0 Å². The maximum atomic E-state index is 11.7. The molecule has 1 aliphatic rings. The molecule has 0 spiro atoms. The lowest BCUT2D eigenvalue weighted by molar-refractivity contribution is -0.120. The number of carbonyl (C=O) groups is 1. The van der Waals surface area contributed by atoms with Crippen molar-refractivity contribution in [2.45, 2.75) is 12.8 Å². The fourth-order valence-electron chi connectivity index (χ4n) is 2.12. The molecule has 1 aromatic carbocycles. The highest BCUT2D eigenvalue weighted by Gasteiger charge is 2.14. The van der Waals surface area contributed by atoms with E-state index in [4.69, 9.17) is 4.74 Å². The molecule has 2 rings (SSSR count). The molecule has 0 aliphatic carbocycles. The summed E-state index contributed by atoms with van der Waals surface area (Å²) in [7, 11) is 0. The Morgan fingerprint density at radius 2 is 2.32 bits per heavy atom. The van der Waals surface area contributed by atoms with Gasteiger partial charge in [0.2, 0.25) is 5.91 Å². The van der Waals surface area contributed by atoms with Crippen LogP contribution in [-0.4, -0.2) is 32.2 Å². The Morgan fingerprint density at radius 3 is 3.05 bits per heavy atom. The van der Waals surface area contributed by atoms with Gasteiger partial charge in [0.1, 0.15) is 6.61 Å². The van der Waals surface area contributed by atoms with Crippen molar-refractivity contribution in [2.75, 3.05) is 31.6 Å². The molecule has 1 atom stereocenters. The fraction of sp³-hybridized carbons (Fsp3) is 0.500. The van der Waals surface area contributed by atoms with Crippen LogP contribution in [0.15, 0.2) is 28.7 Å². The Bertz CT molecular complexity index is 420. The highest BCUT2D eigenvalue weighted by atomic mass is 79.9. The minimum atomic E-state index is -0.114. The molecule has 1 heterocycles. The standard InChI is InChI=1S/C14H19BrN2O2/c15-12-3-1-2-4-13(12)17-14(18)10-19-8-6-11-5-7-16-9-11/h1-4,11,16H,5-10H2,(H,17,18). The average molecular weight is 327 g/mol. The molecule has 0 bridgehead atoms. The monoisotopic (exact) mass is 326 g/mol. The maximum absolute atomic E-state index is 11.7. The van der Waals surface area contributed by atoms with Crippen molar-refractivity contribution < 1.29 is 9.53 Å². The molecule has 0 saturated carbocycles. The molecule has 0 radical (unpaired) electrons. The summed E-state index contributed by atoms with van der Waals surface area (Å²) >= 11 is 3.39. The van der Waals surface area contributed by atoms with Gasteiger partial charge in [-0.25, -0.2) is 0 Å². The second-order valence-corrected chi connectivity index (χ2v) is 5.58. The highest BCUT2D eigenvalue weighted by molar-refractivity contribution is 9.10. The van der Waals surface area contributed by atoms with E-state index in [1.807, 2.05) is 24.3 Å². The highest BCUT2D eigenvalue weighted by Crippen LogP contribution is 2.20. The topological polar surface area (TPSA) is 50.4 Å². The Balaban J connectivity index is 1.63. The van der Waals surface area contributed by atoms with Gasteiger partial charge in [-0.1, -0.05) is 12.1 Å². The normalized spacial score (nSPS) is 18.5. The number of nitrogens with one attached hydrogen (secondary N) is 2. The van der Waals surface area contributed by atoms with E-state index in [9.17, 15) is 4.79 Å². The first-order chi connectivity index (χ1) is 9.25. The van der Waals surface area contributed by atoms with Gasteiger partial charge in [-0.15, -0.1) is 0 Å². The van der Waals surface area contributed by atoms with E-state index in [0.717, 1.165) is 29.7 Å². The number of halogens is 1. The van der Waals surface area contributed by atoms with Gasteiger partial charge in [-0.05, 0) is 59.9 Å². The van der Waals surface area contributed by atoms with Crippen molar-refractivity contribution in [1.82, 2.24) is 5.32 Å². The average Bonchev–Trinajstić information content (AvgIpc) is 2.91. The third-order valence-corrected chi connectivity index (χ3v) is 3.91. The van der Waals surface area contributed by atoms with Crippen molar-refractivity contribution in [3.05, 3.63) is 28.7 Å². The summed E-state index contributed by atoms with van der Waals surface area (Å²) in [6, 6.07) is 7.54. The second-order valence-electron chi connectivity index (χ2n) is 4.73. The largest absolute Gasteiger partial charge is 0.372 e. The molecular weight excluding hydrogens is 308 g/mol. The minimum absolute atomic E-state index is 0.113. The zero-order valence-corrected chi connectivity index (χ0v) is 12.4.